The van der Waals surface area contributed by atoms with Gasteiger partial charge in [0.05, 0.1) is 16.3 Å². The fourth-order valence-corrected chi connectivity index (χ4v) is 4.67. The number of nitrogens with one attached hydrogen (secondary N) is 1. The van der Waals surface area contributed by atoms with Crippen molar-refractivity contribution in [3.8, 4) is 0 Å². The summed E-state index contributed by atoms with van der Waals surface area (Å²) in [6.45, 7) is 0. The van der Waals surface area contributed by atoms with E-state index in [9.17, 15) is 18.0 Å². The maximum absolute atomic E-state index is 14.0. The molecule has 8 heteroatoms. The SMILES string of the molecule is CN(C(=O)c1c(F)cccc1F)[C@@H]1CCC[C@@H]1Nc1nc2ccc(F)cc2s1. The molecular weight excluding hydrogens is 387 g/mol. The van der Waals surface area contributed by atoms with Gasteiger partial charge in [-0.15, -0.1) is 0 Å². The lowest BCUT2D eigenvalue weighted by molar-refractivity contribution is 0.0718. The maximum atomic E-state index is 14.0. The molecule has 3 aromatic rings. The molecule has 1 aliphatic carbocycles. The van der Waals surface area contributed by atoms with Crippen LogP contribution in [0, 0.1) is 17.5 Å². The van der Waals surface area contributed by atoms with Crippen molar-refractivity contribution in [1.82, 2.24) is 9.88 Å². The lowest BCUT2D eigenvalue weighted by Gasteiger charge is -2.30. The smallest absolute Gasteiger partial charge is 0.259 e. The molecule has 1 amide bonds. The van der Waals surface area contributed by atoms with Crippen molar-refractivity contribution in [2.24, 2.45) is 0 Å². The zero-order chi connectivity index (χ0) is 19.8. The summed E-state index contributed by atoms with van der Waals surface area (Å²) in [5, 5.41) is 3.95. The predicted molar refractivity (Wildman–Crippen MR) is 103 cm³/mol. The number of thiazole rings is 1. The fourth-order valence-electron chi connectivity index (χ4n) is 3.72. The zero-order valence-electron chi connectivity index (χ0n) is 15.1. The average molecular weight is 405 g/mol. The first-order valence-electron chi connectivity index (χ1n) is 8.98. The van der Waals surface area contributed by atoms with Crippen LogP contribution in [0.2, 0.25) is 0 Å². The number of hydrogen-bond donors (Lipinski definition) is 1. The standard InChI is InChI=1S/C20H18F3N3OS/c1-26(19(27)18-12(22)4-2-5-13(18)23)16-7-3-6-14(16)24-20-25-15-9-8-11(21)10-17(15)28-20/h2,4-5,8-10,14,16H,3,6-7H2,1H3,(H,24,25)/t14-,16+/m0/s1. The number of benzene rings is 2. The molecular formula is C20H18F3N3OS. The minimum Gasteiger partial charge on any atom is -0.357 e. The van der Waals surface area contributed by atoms with Crippen LogP contribution in [0.1, 0.15) is 29.6 Å². The van der Waals surface area contributed by atoms with Gasteiger partial charge in [-0.1, -0.05) is 17.4 Å². The third kappa shape index (κ3) is 3.44. The molecule has 2 aromatic carbocycles. The van der Waals surface area contributed by atoms with E-state index in [1.54, 1.807) is 13.1 Å². The number of fused-ring (bicyclic) bond motifs is 1. The third-order valence-electron chi connectivity index (χ3n) is 5.13. The number of likely N-dealkylation sites (N-methyl/N-ethyl adjacent to an activating group) is 1. The normalized spacial score (nSPS) is 19.1. The number of carbonyl (C=O) groups is 1. The lowest BCUT2D eigenvalue weighted by atomic mass is 10.1. The van der Waals surface area contributed by atoms with Crippen LogP contribution in [0.5, 0.6) is 0 Å². The minimum atomic E-state index is -0.868. The van der Waals surface area contributed by atoms with E-state index < -0.39 is 23.1 Å². The molecule has 0 aliphatic heterocycles. The van der Waals surface area contributed by atoms with E-state index in [2.05, 4.69) is 10.3 Å². The Morgan fingerprint density at radius 1 is 1.18 bits per heavy atom. The summed E-state index contributed by atoms with van der Waals surface area (Å²) in [7, 11) is 1.56. The van der Waals surface area contributed by atoms with Gasteiger partial charge in [-0.25, -0.2) is 18.2 Å². The van der Waals surface area contributed by atoms with Gasteiger partial charge < -0.3 is 10.2 Å². The van der Waals surface area contributed by atoms with Crippen molar-refractivity contribution in [3.05, 3.63) is 59.4 Å². The minimum absolute atomic E-state index is 0.103. The monoisotopic (exact) mass is 405 g/mol. The Balaban J connectivity index is 1.54. The van der Waals surface area contributed by atoms with E-state index in [0.29, 0.717) is 10.6 Å². The van der Waals surface area contributed by atoms with Crippen molar-refractivity contribution >= 4 is 32.6 Å². The van der Waals surface area contributed by atoms with Crippen LogP contribution >= 0.6 is 11.3 Å². The van der Waals surface area contributed by atoms with Gasteiger partial charge in [-0.3, -0.25) is 4.79 Å². The van der Waals surface area contributed by atoms with Gasteiger partial charge in [0, 0.05) is 13.1 Å². The summed E-state index contributed by atoms with van der Waals surface area (Å²) >= 11 is 1.34. The Hall–Kier alpha value is -2.61. The molecule has 1 fully saturated rings. The highest BCUT2D eigenvalue weighted by atomic mass is 32.1. The number of anilines is 1. The van der Waals surface area contributed by atoms with Gasteiger partial charge in [0.2, 0.25) is 0 Å². The van der Waals surface area contributed by atoms with Gasteiger partial charge in [0.15, 0.2) is 5.13 Å². The van der Waals surface area contributed by atoms with E-state index in [0.717, 1.165) is 36.1 Å². The van der Waals surface area contributed by atoms with E-state index in [1.807, 2.05) is 0 Å². The summed E-state index contributed by atoms with van der Waals surface area (Å²) in [5.74, 6) is -2.74. The van der Waals surface area contributed by atoms with Crippen LogP contribution < -0.4 is 5.32 Å². The third-order valence-corrected chi connectivity index (χ3v) is 6.08. The Morgan fingerprint density at radius 3 is 2.68 bits per heavy atom. The average Bonchev–Trinajstić information content (AvgIpc) is 3.27. The first-order valence-corrected chi connectivity index (χ1v) is 9.79. The molecule has 1 saturated carbocycles. The Kier molecular flexibility index (Phi) is 4.97. The molecule has 4 rings (SSSR count). The second-order valence-corrected chi connectivity index (χ2v) is 7.92. The Bertz CT molecular complexity index is 1020. The van der Waals surface area contributed by atoms with Gasteiger partial charge in [-0.2, -0.15) is 0 Å². The zero-order valence-corrected chi connectivity index (χ0v) is 15.9. The van der Waals surface area contributed by atoms with Crippen LogP contribution in [0.3, 0.4) is 0 Å². The molecule has 0 unspecified atom stereocenters. The number of amides is 1. The molecule has 28 heavy (non-hydrogen) atoms. The first kappa shape index (κ1) is 18.7. The molecule has 0 saturated heterocycles. The van der Waals surface area contributed by atoms with Gasteiger partial charge >= 0.3 is 0 Å². The molecule has 1 aliphatic rings. The van der Waals surface area contributed by atoms with Crippen molar-refractivity contribution in [3.63, 3.8) is 0 Å². The van der Waals surface area contributed by atoms with Crippen LogP contribution in [-0.2, 0) is 0 Å². The highest BCUT2D eigenvalue weighted by Gasteiger charge is 2.35. The Morgan fingerprint density at radius 2 is 1.93 bits per heavy atom. The van der Waals surface area contributed by atoms with E-state index in [1.165, 1.54) is 34.4 Å². The largest absolute Gasteiger partial charge is 0.357 e. The number of aromatic nitrogens is 1. The summed E-state index contributed by atoms with van der Waals surface area (Å²) in [6, 6.07) is 7.47. The van der Waals surface area contributed by atoms with Gasteiger partial charge in [-0.05, 0) is 49.6 Å². The summed E-state index contributed by atoms with van der Waals surface area (Å²) in [5.41, 5.74) is 0.160. The number of hydrogen-bond acceptors (Lipinski definition) is 4. The fraction of sp³-hybridized carbons (Fsp3) is 0.300. The summed E-state index contributed by atoms with van der Waals surface area (Å²) in [6.07, 6.45) is 2.39. The molecule has 146 valence electrons. The summed E-state index contributed by atoms with van der Waals surface area (Å²) in [4.78, 5) is 18.6. The Labute approximate surface area is 164 Å². The van der Waals surface area contributed by atoms with Crippen molar-refractivity contribution < 1.29 is 18.0 Å². The van der Waals surface area contributed by atoms with Crippen LogP contribution in [-0.4, -0.2) is 34.9 Å². The number of nitrogens with zero attached hydrogens (tertiary/aromatic N) is 2. The maximum Gasteiger partial charge on any atom is 0.259 e. The molecule has 4 nitrogen and oxygen atoms in total. The number of halogens is 3. The molecule has 1 aromatic heterocycles. The van der Waals surface area contributed by atoms with Crippen molar-refractivity contribution in [2.75, 3.05) is 12.4 Å². The highest BCUT2D eigenvalue weighted by Crippen LogP contribution is 2.32. The molecule has 2 atom stereocenters. The lowest BCUT2D eigenvalue weighted by Crippen LogP contribution is -2.45. The summed E-state index contributed by atoms with van der Waals surface area (Å²) < 4.78 is 42.1. The van der Waals surface area contributed by atoms with E-state index in [-0.39, 0.29) is 17.9 Å². The molecule has 0 spiro atoms. The second-order valence-electron chi connectivity index (χ2n) is 6.89. The van der Waals surface area contributed by atoms with E-state index in [4.69, 9.17) is 0 Å². The molecule has 1 heterocycles. The van der Waals surface area contributed by atoms with E-state index >= 15 is 0 Å². The molecule has 0 bridgehead atoms. The highest BCUT2D eigenvalue weighted by molar-refractivity contribution is 7.22. The quantitative estimate of drug-likeness (QED) is 0.677. The second kappa shape index (κ2) is 7.43. The van der Waals surface area contributed by atoms with Crippen LogP contribution in [0.15, 0.2) is 36.4 Å². The first-order chi connectivity index (χ1) is 13.4. The number of carbonyl (C=O) groups excluding carboxylic acids is 1. The van der Waals surface area contributed by atoms with Crippen molar-refractivity contribution in [1.29, 1.82) is 0 Å². The molecule has 1 N–H and O–H groups in total. The topological polar surface area (TPSA) is 45.2 Å². The van der Waals surface area contributed by atoms with Crippen molar-refractivity contribution in [2.45, 2.75) is 31.3 Å². The van der Waals surface area contributed by atoms with Gasteiger partial charge in [0.25, 0.3) is 5.91 Å². The predicted octanol–water partition coefficient (Wildman–Crippen LogP) is 4.82. The number of rotatable bonds is 4. The van der Waals surface area contributed by atoms with Crippen LogP contribution in [0.4, 0.5) is 18.3 Å². The van der Waals surface area contributed by atoms with Gasteiger partial charge in [0.1, 0.15) is 23.0 Å². The van der Waals surface area contributed by atoms with Crippen LogP contribution in [0.25, 0.3) is 10.2 Å². The molecule has 0 radical (unpaired) electrons.